The molecule has 0 bridgehead atoms. The molecule has 1 heterocycles. The van der Waals surface area contributed by atoms with Gasteiger partial charge < -0.3 is 5.11 Å². The molecule has 4 heteroatoms. The predicted octanol–water partition coefficient (Wildman–Crippen LogP) is 1.68. The molecule has 1 aromatic carbocycles. The number of benzene rings is 1. The molecule has 1 N–H and O–H groups in total. The van der Waals surface area contributed by atoms with Crippen molar-refractivity contribution < 1.29 is 9.90 Å². The Labute approximate surface area is 94.2 Å². The third-order valence-electron chi connectivity index (χ3n) is 2.52. The molecular formula is C12H14N2O2. The SMILES string of the molecule is CN1CC(CC(=O)O)=Nc2ccccc2C1. The summed E-state index contributed by atoms with van der Waals surface area (Å²) in [5.41, 5.74) is 2.74. The summed E-state index contributed by atoms with van der Waals surface area (Å²) in [6, 6.07) is 7.85. The van der Waals surface area contributed by atoms with Crippen LogP contribution in [0, 0.1) is 0 Å². The molecule has 0 saturated heterocycles. The van der Waals surface area contributed by atoms with Crippen molar-refractivity contribution >= 4 is 17.4 Å². The number of rotatable bonds is 2. The minimum Gasteiger partial charge on any atom is -0.481 e. The molecule has 0 aromatic heterocycles. The Morgan fingerprint density at radius 2 is 2.19 bits per heavy atom. The van der Waals surface area contributed by atoms with Crippen molar-refractivity contribution in [1.82, 2.24) is 4.90 Å². The standard InChI is InChI=1S/C12H14N2O2/c1-14-7-9-4-2-3-5-11(9)13-10(8-14)6-12(15)16/h2-5H,6-8H2,1H3,(H,15,16). The molecule has 4 nitrogen and oxygen atoms in total. The molecule has 0 atom stereocenters. The van der Waals surface area contributed by atoms with Crippen molar-refractivity contribution in [2.75, 3.05) is 13.6 Å². The molecule has 1 aliphatic heterocycles. The Morgan fingerprint density at radius 1 is 1.44 bits per heavy atom. The normalized spacial score (nSPS) is 16.2. The number of fused-ring (bicyclic) bond motifs is 1. The van der Waals surface area contributed by atoms with E-state index in [0.29, 0.717) is 12.3 Å². The van der Waals surface area contributed by atoms with Gasteiger partial charge in [-0.3, -0.25) is 14.7 Å². The van der Waals surface area contributed by atoms with Crippen molar-refractivity contribution in [2.24, 2.45) is 4.99 Å². The highest BCUT2D eigenvalue weighted by atomic mass is 16.4. The molecule has 0 spiro atoms. The van der Waals surface area contributed by atoms with Crippen molar-refractivity contribution in [3.05, 3.63) is 29.8 Å². The number of hydrogen-bond donors (Lipinski definition) is 1. The van der Waals surface area contributed by atoms with Crippen LogP contribution in [0.5, 0.6) is 0 Å². The second-order valence-corrected chi connectivity index (χ2v) is 4.05. The largest absolute Gasteiger partial charge is 0.481 e. The molecule has 0 unspecified atom stereocenters. The molecule has 0 aliphatic carbocycles. The Balaban J connectivity index is 2.34. The summed E-state index contributed by atoms with van der Waals surface area (Å²) in [4.78, 5) is 17.2. The molecule has 0 fully saturated rings. The zero-order chi connectivity index (χ0) is 11.5. The molecule has 0 amide bonds. The van der Waals surface area contributed by atoms with Crippen molar-refractivity contribution in [3.63, 3.8) is 0 Å². The van der Waals surface area contributed by atoms with Crippen LogP contribution in [0.1, 0.15) is 12.0 Å². The van der Waals surface area contributed by atoms with Crippen LogP contribution in [0.2, 0.25) is 0 Å². The maximum absolute atomic E-state index is 10.7. The van der Waals surface area contributed by atoms with E-state index in [9.17, 15) is 4.79 Å². The number of aliphatic carboxylic acids is 1. The average molecular weight is 218 g/mol. The Morgan fingerprint density at radius 3 is 2.94 bits per heavy atom. The Hall–Kier alpha value is -1.68. The van der Waals surface area contributed by atoms with Crippen LogP contribution in [0.3, 0.4) is 0 Å². The summed E-state index contributed by atoms with van der Waals surface area (Å²) < 4.78 is 0. The van der Waals surface area contributed by atoms with E-state index in [0.717, 1.165) is 17.8 Å². The van der Waals surface area contributed by atoms with E-state index in [1.165, 1.54) is 0 Å². The van der Waals surface area contributed by atoms with Gasteiger partial charge in [-0.05, 0) is 18.7 Å². The number of aliphatic imine (C=N–C) groups is 1. The number of hydrogen-bond acceptors (Lipinski definition) is 3. The first-order chi connectivity index (χ1) is 7.65. The van der Waals surface area contributed by atoms with Gasteiger partial charge in [-0.25, -0.2) is 0 Å². The molecule has 0 saturated carbocycles. The second kappa shape index (κ2) is 4.45. The third kappa shape index (κ3) is 2.46. The highest BCUT2D eigenvalue weighted by Crippen LogP contribution is 2.23. The summed E-state index contributed by atoms with van der Waals surface area (Å²) in [5.74, 6) is -0.827. The van der Waals surface area contributed by atoms with E-state index in [1.807, 2.05) is 31.3 Å². The van der Waals surface area contributed by atoms with Crippen LogP contribution in [-0.4, -0.2) is 35.3 Å². The fraction of sp³-hybridized carbons (Fsp3) is 0.333. The van der Waals surface area contributed by atoms with Gasteiger partial charge in [0.15, 0.2) is 0 Å². The van der Waals surface area contributed by atoms with Gasteiger partial charge in [-0.2, -0.15) is 0 Å². The number of carboxylic acid groups (broad SMARTS) is 1. The van der Waals surface area contributed by atoms with Gasteiger partial charge in [-0.1, -0.05) is 18.2 Å². The van der Waals surface area contributed by atoms with E-state index in [1.54, 1.807) is 0 Å². The topological polar surface area (TPSA) is 52.9 Å². The first kappa shape index (κ1) is 10.8. The van der Waals surface area contributed by atoms with Crippen LogP contribution in [0.15, 0.2) is 29.3 Å². The maximum Gasteiger partial charge on any atom is 0.309 e. The van der Waals surface area contributed by atoms with Gasteiger partial charge in [0.25, 0.3) is 0 Å². The first-order valence-corrected chi connectivity index (χ1v) is 5.20. The maximum atomic E-state index is 10.7. The third-order valence-corrected chi connectivity index (χ3v) is 2.52. The van der Waals surface area contributed by atoms with E-state index < -0.39 is 5.97 Å². The lowest BCUT2D eigenvalue weighted by atomic mass is 10.2. The second-order valence-electron chi connectivity index (χ2n) is 4.05. The number of nitrogens with zero attached hydrogens (tertiary/aromatic N) is 2. The molecule has 1 aromatic rings. The van der Waals surface area contributed by atoms with Gasteiger partial charge in [0.2, 0.25) is 0 Å². The van der Waals surface area contributed by atoms with Crippen molar-refractivity contribution in [3.8, 4) is 0 Å². The molecular weight excluding hydrogens is 204 g/mol. The van der Waals surface area contributed by atoms with E-state index in [-0.39, 0.29) is 6.42 Å². The summed E-state index contributed by atoms with van der Waals surface area (Å²) in [6.07, 6.45) is 0.0126. The zero-order valence-corrected chi connectivity index (χ0v) is 9.18. The fourth-order valence-electron chi connectivity index (χ4n) is 1.89. The Bertz CT molecular complexity index is 440. The summed E-state index contributed by atoms with van der Waals surface area (Å²) in [7, 11) is 1.97. The highest BCUT2D eigenvalue weighted by Gasteiger charge is 2.15. The lowest BCUT2D eigenvalue weighted by molar-refractivity contribution is -0.135. The van der Waals surface area contributed by atoms with Gasteiger partial charge in [-0.15, -0.1) is 0 Å². The number of carboxylic acids is 1. The zero-order valence-electron chi connectivity index (χ0n) is 9.18. The predicted molar refractivity (Wildman–Crippen MR) is 62.1 cm³/mol. The molecule has 16 heavy (non-hydrogen) atoms. The van der Waals surface area contributed by atoms with E-state index >= 15 is 0 Å². The minimum absolute atomic E-state index is 0.0126. The lowest BCUT2D eigenvalue weighted by Crippen LogP contribution is -2.25. The molecule has 84 valence electrons. The molecule has 0 radical (unpaired) electrons. The minimum atomic E-state index is -0.827. The van der Waals surface area contributed by atoms with Crippen LogP contribution >= 0.6 is 0 Å². The quantitative estimate of drug-likeness (QED) is 0.821. The van der Waals surface area contributed by atoms with Gasteiger partial charge in [0.05, 0.1) is 12.1 Å². The van der Waals surface area contributed by atoms with Crippen LogP contribution in [0.25, 0.3) is 0 Å². The monoisotopic (exact) mass is 218 g/mol. The number of para-hydroxylation sites is 1. The van der Waals surface area contributed by atoms with Crippen molar-refractivity contribution in [2.45, 2.75) is 13.0 Å². The summed E-state index contributed by atoms with van der Waals surface area (Å²) in [6.45, 7) is 1.42. The average Bonchev–Trinajstić information content (AvgIpc) is 2.33. The Kier molecular flexibility index (Phi) is 3.01. The highest BCUT2D eigenvalue weighted by molar-refractivity contribution is 6.01. The van der Waals surface area contributed by atoms with Gasteiger partial charge in [0, 0.05) is 18.8 Å². The van der Waals surface area contributed by atoms with Crippen LogP contribution in [0.4, 0.5) is 5.69 Å². The smallest absolute Gasteiger partial charge is 0.309 e. The first-order valence-electron chi connectivity index (χ1n) is 5.20. The van der Waals surface area contributed by atoms with Gasteiger partial charge >= 0.3 is 5.97 Å². The lowest BCUT2D eigenvalue weighted by Gasteiger charge is -2.13. The van der Waals surface area contributed by atoms with E-state index in [2.05, 4.69) is 9.89 Å². The van der Waals surface area contributed by atoms with Crippen molar-refractivity contribution in [1.29, 1.82) is 0 Å². The summed E-state index contributed by atoms with van der Waals surface area (Å²) in [5, 5.41) is 8.79. The van der Waals surface area contributed by atoms with Crippen LogP contribution in [-0.2, 0) is 11.3 Å². The molecule has 1 aliphatic rings. The van der Waals surface area contributed by atoms with Crippen LogP contribution < -0.4 is 0 Å². The van der Waals surface area contributed by atoms with E-state index in [4.69, 9.17) is 5.11 Å². The van der Waals surface area contributed by atoms with Gasteiger partial charge in [0.1, 0.15) is 0 Å². The fourth-order valence-corrected chi connectivity index (χ4v) is 1.89. The summed E-state index contributed by atoms with van der Waals surface area (Å²) >= 11 is 0. The molecule has 2 rings (SSSR count). The number of carbonyl (C=O) groups is 1.